The molecule has 0 amide bonds. The summed E-state index contributed by atoms with van der Waals surface area (Å²) < 4.78 is 21.7. The molecule has 3 aromatic rings. The van der Waals surface area contributed by atoms with Gasteiger partial charge < -0.3 is 18.9 Å². The largest absolute Gasteiger partial charge is 0.496 e. The number of Topliss-reactive ketones (excluding diaryl/α,β-unsaturated/α-hetero) is 1. The van der Waals surface area contributed by atoms with Crippen LogP contribution in [0.1, 0.15) is 25.6 Å². The maximum absolute atomic E-state index is 12.7. The van der Waals surface area contributed by atoms with E-state index in [9.17, 15) is 9.59 Å². The van der Waals surface area contributed by atoms with Crippen LogP contribution in [0, 0.1) is 0 Å². The number of ketones is 1. The van der Waals surface area contributed by atoms with Gasteiger partial charge >= 0.3 is 5.97 Å². The van der Waals surface area contributed by atoms with Crippen LogP contribution in [0.3, 0.4) is 0 Å². The van der Waals surface area contributed by atoms with Gasteiger partial charge in [0.2, 0.25) is 5.78 Å². The van der Waals surface area contributed by atoms with Crippen LogP contribution in [0.15, 0.2) is 59.7 Å². The van der Waals surface area contributed by atoms with Gasteiger partial charge in [0.05, 0.1) is 19.8 Å². The number of carbonyl (C=O) groups is 2. The highest BCUT2D eigenvalue weighted by Crippen LogP contribution is 2.36. The second kappa shape index (κ2) is 7.81. The fraction of sp³-hybridized carbons (Fsp3) is 0.0909. The molecule has 2 aromatic carbocycles. The molecule has 4 rings (SSSR count). The topological polar surface area (TPSA) is 71.1 Å². The molecule has 1 aliphatic heterocycles. The van der Waals surface area contributed by atoms with E-state index in [0.717, 1.165) is 4.88 Å². The molecule has 0 radical (unpaired) electrons. The second-order valence-corrected chi connectivity index (χ2v) is 7.02. The van der Waals surface area contributed by atoms with Gasteiger partial charge in [-0.2, -0.15) is 0 Å². The van der Waals surface area contributed by atoms with Gasteiger partial charge in [-0.3, -0.25) is 4.79 Å². The Morgan fingerprint density at radius 3 is 2.45 bits per heavy atom. The van der Waals surface area contributed by atoms with Crippen molar-refractivity contribution in [3.8, 4) is 23.0 Å². The zero-order valence-electron chi connectivity index (χ0n) is 15.6. The first-order chi connectivity index (χ1) is 14.1. The van der Waals surface area contributed by atoms with E-state index in [2.05, 4.69) is 0 Å². The Bertz CT molecular complexity index is 1090. The summed E-state index contributed by atoms with van der Waals surface area (Å²) in [4.78, 5) is 26.1. The van der Waals surface area contributed by atoms with E-state index < -0.39 is 5.97 Å². The number of allylic oxidation sites excluding steroid dienone is 1. The molecular formula is C22H16O6S. The van der Waals surface area contributed by atoms with E-state index in [4.69, 9.17) is 18.9 Å². The van der Waals surface area contributed by atoms with Crippen molar-refractivity contribution >= 4 is 29.2 Å². The summed E-state index contributed by atoms with van der Waals surface area (Å²) in [6.45, 7) is 0. The molecular weight excluding hydrogens is 392 g/mol. The Labute approximate surface area is 170 Å². The molecule has 0 atom stereocenters. The first-order valence-electron chi connectivity index (χ1n) is 8.65. The van der Waals surface area contributed by atoms with E-state index in [1.165, 1.54) is 31.6 Å². The molecule has 7 heteroatoms. The number of ether oxygens (including phenoxy) is 4. The fourth-order valence-electron chi connectivity index (χ4n) is 2.94. The van der Waals surface area contributed by atoms with Crippen LogP contribution in [-0.4, -0.2) is 26.0 Å². The van der Waals surface area contributed by atoms with E-state index >= 15 is 0 Å². The van der Waals surface area contributed by atoms with Crippen LogP contribution in [0.5, 0.6) is 23.0 Å². The summed E-state index contributed by atoms with van der Waals surface area (Å²) in [5.74, 6) is 0.640. The summed E-state index contributed by atoms with van der Waals surface area (Å²) in [5.41, 5.74) is 0.593. The first kappa shape index (κ1) is 18.8. The lowest BCUT2D eigenvalue weighted by Crippen LogP contribution is -2.12. The molecule has 0 saturated heterocycles. The third-order valence-electron chi connectivity index (χ3n) is 4.30. The van der Waals surface area contributed by atoms with Crippen molar-refractivity contribution in [1.82, 2.24) is 0 Å². The van der Waals surface area contributed by atoms with Crippen LogP contribution in [0.25, 0.3) is 6.08 Å². The quantitative estimate of drug-likeness (QED) is 0.349. The van der Waals surface area contributed by atoms with Crippen molar-refractivity contribution < 1.29 is 28.5 Å². The maximum atomic E-state index is 12.7. The summed E-state index contributed by atoms with van der Waals surface area (Å²) >= 11 is 1.50. The number of hydrogen-bond donors (Lipinski definition) is 0. The minimum absolute atomic E-state index is 0.174. The number of hydrogen-bond acceptors (Lipinski definition) is 7. The number of benzene rings is 2. The summed E-state index contributed by atoms with van der Waals surface area (Å²) in [7, 11) is 2.92. The zero-order valence-corrected chi connectivity index (χ0v) is 16.4. The number of esters is 1. The van der Waals surface area contributed by atoms with Gasteiger partial charge in [0.15, 0.2) is 5.76 Å². The van der Waals surface area contributed by atoms with Crippen LogP contribution in [0.4, 0.5) is 0 Å². The van der Waals surface area contributed by atoms with Crippen molar-refractivity contribution in [3.63, 3.8) is 0 Å². The van der Waals surface area contributed by atoms with Gasteiger partial charge in [0.1, 0.15) is 28.6 Å². The second-order valence-electron chi connectivity index (χ2n) is 6.04. The monoisotopic (exact) mass is 408 g/mol. The van der Waals surface area contributed by atoms with Crippen molar-refractivity contribution in [2.24, 2.45) is 0 Å². The molecule has 0 bridgehead atoms. The molecule has 2 heterocycles. The number of rotatable bonds is 5. The molecule has 6 nitrogen and oxygen atoms in total. The number of methoxy groups -OCH3 is 2. The highest BCUT2D eigenvalue weighted by Gasteiger charge is 2.28. The minimum atomic E-state index is -0.641. The number of thiophene rings is 1. The highest BCUT2D eigenvalue weighted by molar-refractivity contribution is 7.10. The van der Waals surface area contributed by atoms with Crippen LogP contribution in [0.2, 0.25) is 0 Å². The van der Waals surface area contributed by atoms with Crippen molar-refractivity contribution in [1.29, 1.82) is 0 Å². The third-order valence-corrected chi connectivity index (χ3v) is 5.12. The van der Waals surface area contributed by atoms with Gasteiger partial charge in [0, 0.05) is 17.0 Å². The Balaban J connectivity index is 1.59. The Hall–Kier alpha value is -3.58. The lowest BCUT2D eigenvalue weighted by atomic mass is 10.1. The average Bonchev–Trinajstić information content (AvgIpc) is 3.35. The summed E-state index contributed by atoms with van der Waals surface area (Å²) in [6, 6.07) is 13.4. The molecule has 146 valence electrons. The van der Waals surface area contributed by atoms with Gasteiger partial charge in [-0.1, -0.05) is 12.1 Å². The van der Waals surface area contributed by atoms with Crippen LogP contribution >= 0.6 is 11.3 Å². The van der Waals surface area contributed by atoms with E-state index in [-0.39, 0.29) is 22.9 Å². The molecule has 0 saturated carbocycles. The van der Waals surface area contributed by atoms with Gasteiger partial charge in [-0.15, -0.1) is 11.3 Å². The minimum Gasteiger partial charge on any atom is -0.496 e. The third kappa shape index (κ3) is 3.60. The average molecular weight is 408 g/mol. The number of carbonyl (C=O) groups excluding carboxylic acids is 2. The van der Waals surface area contributed by atoms with Gasteiger partial charge in [0.25, 0.3) is 0 Å². The molecule has 1 aliphatic rings. The smallest absolute Gasteiger partial charge is 0.351 e. The lowest BCUT2D eigenvalue weighted by molar-refractivity contribution is 0.0727. The van der Waals surface area contributed by atoms with E-state index in [0.29, 0.717) is 22.8 Å². The van der Waals surface area contributed by atoms with Crippen LogP contribution in [-0.2, 0) is 0 Å². The molecule has 0 fully saturated rings. The van der Waals surface area contributed by atoms with Crippen molar-refractivity contribution in [2.45, 2.75) is 0 Å². The normalized spacial score (nSPS) is 13.7. The standard InChI is InChI=1S/C22H16O6S/c1-25-16-6-3-7-17(26-2)20(16)22(24)27-13-8-9-15-18(11-13)28-19(21(15)23)12-14-5-4-10-29-14/h3-12H,1-2H3. The maximum Gasteiger partial charge on any atom is 0.351 e. The highest BCUT2D eigenvalue weighted by atomic mass is 32.1. The molecule has 0 aliphatic carbocycles. The fourth-order valence-corrected chi connectivity index (χ4v) is 3.59. The molecule has 0 spiro atoms. The lowest BCUT2D eigenvalue weighted by Gasteiger charge is -2.12. The van der Waals surface area contributed by atoms with Crippen molar-refractivity contribution in [3.05, 3.63) is 75.7 Å². The Kier molecular flexibility index (Phi) is 5.05. The predicted octanol–water partition coefficient (Wildman–Crippen LogP) is 4.60. The first-order valence-corrected chi connectivity index (χ1v) is 9.53. The summed E-state index contributed by atoms with van der Waals surface area (Å²) in [5, 5.41) is 1.92. The molecule has 0 unspecified atom stereocenters. The zero-order chi connectivity index (χ0) is 20.4. The van der Waals surface area contributed by atoms with Gasteiger partial charge in [-0.25, -0.2) is 4.79 Å². The van der Waals surface area contributed by atoms with Crippen molar-refractivity contribution in [2.75, 3.05) is 14.2 Å². The SMILES string of the molecule is COc1cccc(OC)c1C(=O)Oc1ccc2c(c1)OC(=Cc1cccs1)C2=O. The molecule has 29 heavy (non-hydrogen) atoms. The Morgan fingerprint density at radius 1 is 1.03 bits per heavy atom. The number of fused-ring (bicyclic) bond motifs is 1. The summed E-state index contributed by atoms with van der Waals surface area (Å²) in [6.07, 6.45) is 1.69. The molecule has 0 N–H and O–H groups in total. The van der Waals surface area contributed by atoms with Gasteiger partial charge in [-0.05, 0) is 35.7 Å². The molecule has 1 aromatic heterocycles. The predicted molar refractivity (Wildman–Crippen MR) is 108 cm³/mol. The van der Waals surface area contributed by atoms with E-state index in [1.54, 1.807) is 36.4 Å². The van der Waals surface area contributed by atoms with Crippen LogP contribution < -0.4 is 18.9 Å². The Morgan fingerprint density at radius 2 is 1.79 bits per heavy atom. The van der Waals surface area contributed by atoms with E-state index in [1.807, 2.05) is 17.5 Å².